The number of aliphatic hydroxyl groups excluding tert-OH is 1. The van der Waals surface area contributed by atoms with Crippen molar-refractivity contribution in [3.8, 4) is 0 Å². The summed E-state index contributed by atoms with van der Waals surface area (Å²) in [5.74, 6) is 0.937. The van der Waals surface area contributed by atoms with Crippen molar-refractivity contribution < 1.29 is 9.90 Å². The minimum Gasteiger partial charge on any atom is -0.393 e. The van der Waals surface area contributed by atoms with Crippen molar-refractivity contribution in [1.29, 1.82) is 0 Å². The fraction of sp³-hybridized carbons (Fsp3) is 0.462. The number of hydrogen-bond donors (Lipinski definition) is 3. The lowest BCUT2D eigenvalue weighted by atomic mass is 10.2. The molecule has 5 heteroatoms. The Morgan fingerprint density at radius 1 is 1.22 bits per heavy atom. The molecule has 18 heavy (non-hydrogen) atoms. The lowest BCUT2D eigenvalue weighted by molar-refractivity contribution is 0.163. The Labute approximate surface area is 110 Å². The first-order valence-corrected chi connectivity index (χ1v) is 6.52. The second-order valence-corrected chi connectivity index (χ2v) is 5.52. The molecule has 0 spiro atoms. The summed E-state index contributed by atoms with van der Waals surface area (Å²) in [6.07, 6.45) is 1.46. The predicted molar refractivity (Wildman–Crippen MR) is 69.6 cm³/mol. The van der Waals surface area contributed by atoms with Gasteiger partial charge in [-0.15, -0.1) is 0 Å². The quantitative estimate of drug-likeness (QED) is 0.769. The predicted octanol–water partition coefficient (Wildman–Crippen LogP) is 2.23. The molecule has 2 aliphatic carbocycles. The minimum atomic E-state index is -0.189. The van der Waals surface area contributed by atoms with Gasteiger partial charge < -0.3 is 15.7 Å². The van der Waals surface area contributed by atoms with Gasteiger partial charge in [0.05, 0.1) is 6.10 Å². The maximum atomic E-state index is 11.7. The number of nitrogens with one attached hydrogen (secondary N) is 2. The van der Waals surface area contributed by atoms with Crippen molar-refractivity contribution in [3.63, 3.8) is 0 Å². The molecule has 2 saturated carbocycles. The molecule has 4 nitrogen and oxygen atoms in total. The standard InChI is InChI=1S/C13H15ClN2O2/c14-7-1-3-8(4-2-7)15-13(18)16-12-10-5-9(17)6-11(10)12/h1-4,9-12,17H,5-6H2,(H2,15,16,18)/t9?,10-,11+,12?. The Hall–Kier alpha value is -1.26. The molecule has 0 bridgehead atoms. The van der Waals surface area contributed by atoms with Crippen LogP contribution in [0.1, 0.15) is 12.8 Å². The van der Waals surface area contributed by atoms with Crippen molar-refractivity contribution in [2.75, 3.05) is 5.32 Å². The van der Waals surface area contributed by atoms with E-state index in [1.807, 2.05) is 0 Å². The second-order valence-electron chi connectivity index (χ2n) is 5.08. The first-order chi connectivity index (χ1) is 8.63. The van der Waals surface area contributed by atoms with E-state index in [1.165, 1.54) is 0 Å². The molecule has 3 rings (SSSR count). The fourth-order valence-corrected chi connectivity index (χ4v) is 3.00. The van der Waals surface area contributed by atoms with Gasteiger partial charge in [0.15, 0.2) is 0 Å². The number of hydrogen-bond acceptors (Lipinski definition) is 2. The average molecular weight is 267 g/mol. The van der Waals surface area contributed by atoms with Crippen molar-refractivity contribution in [1.82, 2.24) is 5.32 Å². The monoisotopic (exact) mass is 266 g/mol. The highest BCUT2D eigenvalue weighted by Crippen LogP contribution is 2.51. The second kappa shape index (κ2) is 4.44. The lowest BCUT2D eigenvalue weighted by Crippen LogP contribution is -2.33. The van der Waals surface area contributed by atoms with E-state index < -0.39 is 0 Å². The highest BCUT2D eigenvalue weighted by molar-refractivity contribution is 6.30. The van der Waals surface area contributed by atoms with Crippen LogP contribution in [0.15, 0.2) is 24.3 Å². The Kier molecular flexibility index (Phi) is 2.92. The maximum Gasteiger partial charge on any atom is 0.319 e. The SMILES string of the molecule is O=C(Nc1ccc(Cl)cc1)NC1[C@H]2CC(O)C[C@@H]12. The van der Waals surface area contributed by atoms with Gasteiger partial charge in [0.25, 0.3) is 0 Å². The summed E-state index contributed by atoms with van der Waals surface area (Å²) in [4.78, 5) is 11.7. The van der Waals surface area contributed by atoms with Crippen molar-refractivity contribution >= 4 is 23.3 Å². The summed E-state index contributed by atoms with van der Waals surface area (Å²) in [5.41, 5.74) is 0.725. The Morgan fingerprint density at radius 2 is 1.83 bits per heavy atom. The molecule has 1 aromatic rings. The smallest absolute Gasteiger partial charge is 0.319 e. The molecule has 96 valence electrons. The molecule has 0 aromatic heterocycles. The number of halogens is 1. The van der Waals surface area contributed by atoms with Gasteiger partial charge in [0.2, 0.25) is 0 Å². The third-order valence-corrected chi connectivity index (χ3v) is 4.07. The lowest BCUT2D eigenvalue weighted by Gasteiger charge is -2.11. The summed E-state index contributed by atoms with van der Waals surface area (Å²) in [6, 6.07) is 7.05. The van der Waals surface area contributed by atoms with Crippen LogP contribution in [-0.4, -0.2) is 23.3 Å². The third kappa shape index (κ3) is 2.31. The number of urea groups is 1. The molecule has 3 N–H and O–H groups in total. The van der Waals surface area contributed by atoms with E-state index in [0.29, 0.717) is 16.9 Å². The van der Waals surface area contributed by atoms with Crippen molar-refractivity contribution in [2.45, 2.75) is 25.0 Å². The van der Waals surface area contributed by atoms with Crippen LogP contribution >= 0.6 is 11.6 Å². The van der Waals surface area contributed by atoms with Gasteiger partial charge in [-0.3, -0.25) is 0 Å². The molecule has 0 radical (unpaired) electrons. The van der Waals surface area contributed by atoms with Crippen LogP contribution in [0.3, 0.4) is 0 Å². The van der Waals surface area contributed by atoms with Gasteiger partial charge in [-0.2, -0.15) is 0 Å². The topological polar surface area (TPSA) is 61.4 Å². The van der Waals surface area contributed by atoms with Crippen molar-refractivity contribution in [3.05, 3.63) is 29.3 Å². The van der Waals surface area contributed by atoms with Gasteiger partial charge in [-0.25, -0.2) is 4.79 Å². The number of rotatable bonds is 2. The number of fused-ring (bicyclic) bond motifs is 1. The first kappa shape index (κ1) is 11.8. The van der Waals surface area contributed by atoms with E-state index in [9.17, 15) is 9.90 Å². The van der Waals surface area contributed by atoms with Crippen LogP contribution in [-0.2, 0) is 0 Å². The summed E-state index contributed by atoms with van der Waals surface area (Å²) in [7, 11) is 0. The maximum absolute atomic E-state index is 11.7. The summed E-state index contributed by atoms with van der Waals surface area (Å²) in [6.45, 7) is 0. The van der Waals surface area contributed by atoms with Crippen molar-refractivity contribution in [2.24, 2.45) is 11.8 Å². The van der Waals surface area contributed by atoms with Crippen LogP contribution in [0.4, 0.5) is 10.5 Å². The molecule has 2 aliphatic rings. The van der Waals surface area contributed by atoms with E-state index in [2.05, 4.69) is 10.6 Å². The molecule has 2 unspecified atom stereocenters. The molecule has 4 atom stereocenters. The normalized spacial score (nSPS) is 32.8. The Bertz CT molecular complexity index is 451. The molecule has 1 aromatic carbocycles. The zero-order valence-electron chi connectivity index (χ0n) is 9.77. The first-order valence-electron chi connectivity index (χ1n) is 6.14. The third-order valence-electron chi connectivity index (χ3n) is 3.82. The Morgan fingerprint density at radius 3 is 2.44 bits per heavy atom. The fourth-order valence-electron chi connectivity index (χ4n) is 2.88. The van der Waals surface area contributed by atoms with E-state index in [1.54, 1.807) is 24.3 Å². The molecule has 0 heterocycles. The summed E-state index contributed by atoms with van der Waals surface area (Å²) >= 11 is 5.77. The van der Waals surface area contributed by atoms with Crippen LogP contribution < -0.4 is 10.6 Å². The van der Waals surface area contributed by atoms with E-state index >= 15 is 0 Å². The number of carbonyl (C=O) groups is 1. The van der Waals surface area contributed by atoms with Gasteiger partial charge in [0.1, 0.15) is 0 Å². The number of benzene rings is 1. The number of amides is 2. The zero-order chi connectivity index (χ0) is 12.7. The van der Waals surface area contributed by atoms with E-state index in [0.717, 1.165) is 18.5 Å². The molecular weight excluding hydrogens is 252 g/mol. The molecule has 0 saturated heterocycles. The van der Waals surface area contributed by atoms with Crippen LogP contribution in [0.2, 0.25) is 5.02 Å². The number of carbonyl (C=O) groups excluding carboxylic acids is 1. The van der Waals surface area contributed by atoms with Gasteiger partial charge in [-0.1, -0.05) is 11.6 Å². The molecular formula is C13H15ClN2O2. The van der Waals surface area contributed by atoms with E-state index in [-0.39, 0.29) is 18.2 Å². The number of anilines is 1. The largest absolute Gasteiger partial charge is 0.393 e. The molecule has 0 aliphatic heterocycles. The summed E-state index contributed by atoms with van der Waals surface area (Å²) < 4.78 is 0. The molecule has 2 amide bonds. The van der Waals surface area contributed by atoms with Crippen LogP contribution in [0.25, 0.3) is 0 Å². The van der Waals surface area contributed by atoms with Crippen LogP contribution in [0.5, 0.6) is 0 Å². The highest BCUT2D eigenvalue weighted by atomic mass is 35.5. The minimum absolute atomic E-state index is 0.169. The van der Waals surface area contributed by atoms with Crippen LogP contribution in [0, 0.1) is 11.8 Å². The van der Waals surface area contributed by atoms with E-state index in [4.69, 9.17) is 11.6 Å². The zero-order valence-corrected chi connectivity index (χ0v) is 10.5. The number of aliphatic hydroxyl groups is 1. The Balaban J connectivity index is 1.50. The highest BCUT2D eigenvalue weighted by Gasteiger charge is 2.56. The van der Waals surface area contributed by atoms with Gasteiger partial charge in [0, 0.05) is 16.8 Å². The summed E-state index contributed by atoms with van der Waals surface area (Å²) in [5, 5.41) is 15.8. The van der Waals surface area contributed by atoms with Gasteiger partial charge in [-0.05, 0) is 48.9 Å². The average Bonchev–Trinajstić information content (AvgIpc) is 2.79. The molecule has 2 fully saturated rings. The van der Waals surface area contributed by atoms with Gasteiger partial charge >= 0.3 is 6.03 Å².